The maximum atomic E-state index is 10.9. The normalized spacial score (nSPS) is 31.7. The maximum absolute atomic E-state index is 10.9. The molecule has 0 heterocycles. The van der Waals surface area contributed by atoms with Gasteiger partial charge in [-0.1, -0.05) is 54.9 Å². The zero-order chi connectivity index (χ0) is 12.7. The van der Waals surface area contributed by atoms with E-state index in [-0.39, 0.29) is 5.41 Å². The van der Waals surface area contributed by atoms with Gasteiger partial charge in [0.05, 0.1) is 5.60 Å². The third-order valence-corrected chi connectivity index (χ3v) is 4.79. The molecule has 0 radical (unpaired) electrons. The summed E-state index contributed by atoms with van der Waals surface area (Å²) < 4.78 is 1.10. The highest BCUT2D eigenvalue weighted by Gasteiger charge is 2.47. The van der Waals surface area contributed by atoms with Crippen LogP contribution in [-0.4, -0.2) is 10.7 Å². The van der Waals surface area contributed by atoms with Crippen molar-refractivity contribution < 1.29 is 5.11 Å². The van der Waals surface area contributed by atoms with Gasteiger partial charge in [-0.3, -0.25) is 0 Å². The van der Waals surface area contributed by atoms with E-state index in [1.165, 1.54) is 5.56 Å². The number of hydrogen-bond acceptors (Lipinski definition) is 1. The molecule has 0 amide bonds. The van der Waals surface area contributed by atoms with Gasteiger partial charge in [-0.05, 0) is 35.8 Å². The average molecular weight is 297 g/mol. The molecule has 1 saturated carbocycles. The lowest BCUT2D eigenvalue weighted by Crippen LogP contribution is -2.34. The van der Waals surface area contributed by atoms with Crippen LogP contribution in [0.5, 0.6) is 0 Å². The van der Waals surface area contributed by atoms with Crippen LogP contribution in [0.1, 0.15) is 39.2 Å². The van der Waals surface area contributed by atoms with Crippen LogP contribution in [0.2, 0.25) is 0 Å². The summed E-state index contributed by atoms with van der Waals surface area (Å²) in [5.74, 6) is 0.365. The molecule has 0 spiro atoms. The molecule has 17 heavy (non-hydrogen) atoms. The molecule has 2 heteroatoms. The molecule has 0 aromatic heterocycles. The molecule has 1 aromatic carbocycles. The lowest BCUT2D eigenvalue weighted by atomic mass is 9.84. The highest BCUT2D eigenvalue weighted by atomic mass is 79.9. The summed E-state index contributed by atoms with van der Waals surface area (Å²) >= 11 is 3.57. The van der Waals surface area contributed by atoms with Crippen LogP contribution in [-0.2, 0) is 6.42 Å². The Hall–Kier alpha value is -0.340. The van der Waals surface area contributed by atoms with Crippen molar-refractivity contribution in [2.45, 2.75) is 45.6 Å². The van der Waals surface area contributed by atoms with Gasteiger partial charge in [0.25, 0.3) is 0 Å². The van der Waals surface area contributed by atoms with Crippen molar-refractivity contribution >= 4 is 15.9 Å². The van der Waals surface area contributed by atoms with Crippen molar-refractivity contribution in [1.29, 1.82) is 0 Å². The van der Waals surface area contributed by atoms with E-state index in [4.69, 9.17) is 0 Å². The molecule has 1 fully saturated rings. The van der Waals surface area contributed by atoms with Gasteiger partial charge in [0, 0.05) is 10.9 Å². The van der Waals surface area contributed by atoms with Gasteiger partial charge in [-0.2, -0.15) is 0 Å². The van der Waals surface area contributed by atoms with E-state index in [1.807, 2.05) is 18.2 Å². The van der Waals surface area contributed by atoms with Crippen molar-refractivity contribution in [3.63, 3.8) is 0 Å². The van der Waals surface area contributed by atoms with Crippen LogP contribution >= 0.6 is 15.9 Å². The smallest absolute Gasteiger partial charge is 0.0719 e. The molecule has 1 aliphatic rings. The Morgan fingerprint density at radius 1 is 1.35 bits per heavy atom. The molecule has 1 aromatic rings. The molecule has 2 atom stereocenters. The van der Waals surface area contributed by atoms with Crippen molar-refractivity contribution in [2.24, 2.45) is 11.3 Å². The molecule has 94 valence electrons. The monoisotopic (exact) mass is 296 g/mol. The lowest BCUT2D eigenvalue weighted by molar-refractivity contribution is 0.00431. The quantitative estimate of drug-likeness (QED) is 0.868. The molecule has 1 nitrogen and oxygen atoms in total. The number of hydrogen-bond donors (Lipinski definition) is 1. The summed E-state index contributed by atoms with van der Waals surface area (Å²) in [7, 11) is 0. The zero-order valence-electron chi connectivity index (χ0n) is 10.8. The van der Waals surface area contributed by atoms with Gasteiger partial charge >= 0.3 is 0 Å². The van der Waals surface area contributed by atoms with Crippen molar-refractivity contribution in [3.8, 4) is 0 Å². The largest absolute Gasteiger partial charge is 0.389 e. The summed E-state index contributed by atoms with van der Waals surface area (Å²) in [5.41, 5.74) is 0.919. The van der Waals surface area contributed by atoms with Crippen LogP contribution in [0, 0.1) is 11.3 Å². The fourth-order valence-electron chi connectivity index (χ4n) is 3.30. The zero-order valence-corrected chi connectivity index (χ0v) is 12.4. The van der Waals surface area contributed by atoms with Gasteiger partial charge < -0.3 is 5.11 Å². The van der Waals surface area contributed by atoms with E-state index in [0.717, 1.165) is 23.7 Å². The first kappa shape index (κ1) is 13.1. The minimum Gasteiger partial charge on any atom is -0.389 e. The fraction of sp³-hybridized carbons (Fsp3) is 0.600. The number of halogens is 1. The predicted octanol–water partition coefficient (Wildman–Crippen LogP) is 4.18. The van der Waals surface area contributed by atoms with E-state index >= 15 is 0 Å². The van der Waals surface area contributed by atoms with Crippen molar-refractivity contribution in [3.05, 3.63) is 34.3 Å². The van der Waals surface area contributed by atoms with Crippen LogP contribution < -0.4 is 0 Å². The standard InChI is InChI=1S/C15H21BrO/c1-11-8-14(2,3)10-15(11,17)9-12-6-4-5-7-13(12)16/h4-7,11,17H,8-10H2,1-3H3. The third kappa shape index (κ3) is 2.74. The number of aliphatic hydroxyl groups is 1. The average Bonchev–Trinajstić information content (AvgIpc) is 2.39. The van der Waals surface area contributed by atoms with E-state index in [2.05, 4.69) is 42.8 Å². The summed E-state index contributed by atoms with van der Waals surface area (Å²) in [5, 5.41) is 10.9. The summed E-state index contributed by atoms with van der Waals surface area (Å²) in [4.78, 5) is 0. The van der Waals surface area contributed by atoms with Gasteiger partial charge in [-0.15, -0.1) is 0 Å². The topological polar surface area (TPSA) is 20.2 Å². The van der Waals surface area contributed by atoms with Crippen molar-refractivity contribution in [1.82, 2.24) is 0 Å². The summed E-state index contributed by atoms with van der Waals surface area (Å²) in [6.07, 6.45) is 2.75. The summed E-state index contributed by atoms with van der Waals surface area (Å²) in [6.45, 7) is 6.68. The summed E-state index contributed by atoms with van der Waals surface area (Å²) in [6, 6.07) is 8.19. The Balaban J connectivity index is 2.21. The Morgan fingerprint density at radius 2 is 2.00 bits per heavy atom. The van der Waals surface area contributed by atoms with Crippen molar-refractivity contribution in [2.75, 3.05) is 0 Å². The molecule has 0 bridgehead atoms. The second kappa shape index (κ2) is 4.40. The minimum absolute atomic E-state index is 0.259. The Bertz CT molecular complexity index is 413. The highest BCUT2D eigenvalue weighted by Crippen LogP contribution is 2.49. The lowest BCUT2D eigenvalue weighted by Gasteiger charge is -2.29. The number of benzene rings is 1. The third-order valence-electron chi connectivity index (χ3n) is 4.02. The van der Waals surface area contributed by atoms with Crippen LogP contribution in [0.15, 0.2) is 28.7 Å². The van der Waals surface area contributed by atoms with E-state index in [0.29, 0.717) is 5.92 Å². The number of rotatable bonds is 2. The van der Waals surface area contributed by atoms with Gasteiger partial charge in [0.2, 0.25) is 0 Å². The van der Waals surface area contributed by atoms with Crippen LogP contribution in [0.3, 0.4) is 0 Å². The first-order chi connectivity index (χ1) is 7.82. The molecule has 0 saturated heterocycles. The van der Waals surface area contributed by atoms with Gasteiger partial charge in [-0.25, -0.2) is 0 Å². The molecular weight excluding hydrogens is 276 g/mol. The molecule has 0 aliphatic heterocycles. The fourth-order valence-corrected chi connectivity index (χ4v) is 3.73. The predicted molar refractivity (Wildman–Crippen MR) is 75.0 cm³/mol. The Morgan fingerprint density at radius 3 is 2.53 bits per heavy atom. The highest BCUT2D eigenvalue weighted by molar-refractivity contribution is 9.10. The van der Waals surface area contributed by atoms with E-state index in [9.17, 15) is 5.11 Å². The van der Waals surface area contributed by atoms with Crippen LogP contribution in [0.25, 0.3) is 0 Å². The first-order valence-electron chi connectivity index (χ1n) is 6.28. The molecule has 2 unspecified atom stereocenters. The van der Waals surface area contributed by atoms with Gasteiger partial charge in [0.1, 0.15) is 0 Å². The SMILES string of the molecule is CC1CC(C)(C)CC1(O)Cc1ccccc1Br. The van der Waals surface area contributed by atoms with Gasteiger partial charge in [0.15, 0.2) is 0 Å². The second-order valence-corrected chi connectivity index (χ2v) is 7.17. The first-order valence-corrected chi connectivity index (χ1v) is 7.07. The molecular formula is C15H21BrO. The second-order valence-electron chi connectivity index (χ2n) is 6.32. The Labute approximate surface area is 112 Å². The minimum atomic E-state index is -0.548. The molecule has 2 rings (SSSR count). The Kier molecular flexibility index (Phi) is 3.39. The molecule has 1 aliphatic carbocycles. The van der Waals surface area contributed by atoms with E-state index < -0.39 is 5.60 Å². The maximum Gasteiger partial charge on any atom is 0.0719 e. The molecule has 1 N–H and O–H groups in total. The van der Waals surface area contributed by atoms with Crippen LogP contribution in [0.4, 0.5) is 0 Å². The van der Waals surface area contributed by atoms with E-state index in [1.54, 1.807) is 0 Å².